The minimum absolute atomic E-state index is 0.0256. The van der Waals surface area contributed by atoms with E-state index in [1.165, 1.54) is 0 Å². The van der Waals surface area contributed by atoms with E-state index in [9.17, 15) is 4.79 Å². The monoisotopic (exact) mass is 351 g/mol. The molecule has 5 heteroatoms. The molecule has 0 radical (unpaired) electrons. The van der Waals surface area contributed by atoms with Crippen LogP contribution >= 0.6 is 0 Å². The Morgan fingerprint density at radius 3 is 2.58 bits per heavy atom. The van der Waals surface area contributed by atoms with Gasteiger partial charge in [-0.25, -0.2) is 0 Å². The molecule has 0 heterocycles. The Morgan fingerprint density at radius 2 is 1.88 bits per heavy atom. The first-order valence-electron chi connectivity index (χ1n) is 8.70. The van der Waals surface area contributed by atoms with Crippen LogP contribution < -0.4 is 5.32 Å². The third kappa shape index (κ3) is 6.67. The van der Waals surface area contributed by atoms with Crippen molar-refractivity contribution >= 4 is 5.91 Å². The molecule has 0 aliphatic carbocycles. The molecule has 0 saturated heterocycles. The summed E-state index contributed by atoms with van der Waals surface area (Å²) in [6.07, 6.45) is 0. The number of nitrogens with one attached hydrogen (secondary N) is 1. The summed E-state index contributed by atoms with van der Waals surface area (Å²) in [5, 5.41) is 11.9. The number of nitriles is 1. The molecule has 5 nitrogen and oxygen atoms in total. The molecule has 26 heavy (non-hydrogen) atoms. The Hall–Kier alpha value is -2.68. The van der Waals surface area contributed by atoms with E-state index in [4.69, 9.17) is 10.00 Å². The molecule has 1 amide bonds. The van der Waals surface area contributed by atoms with Crippen molar-refractivity contribution in [3.05, 3.63) is 70.8 Å². The summed E-state index contributed by atoms with van der Waals surface area (Å²) in [6, 6.07) is 17.6. The van der Waals surface area contributed by atoms with Gasteiger partial charge < -0.3 is 10.1 Å². The topological polar surface area (TPSA) is 65.4 Å². The number of carbonyl (C=O) groups excluding carboxylic acids is 1. The predicted molar refractivity (Wildman–Crippen MR) is 101 cm³/mol. The average molecular weight is 351 g/mol. The molecule has 0 atom stereocenters. The minimum Gasteiger partial charge on any atom is -0.377 e. The smallest absolute Gasteiger partial charge is 0.234 e. The average Bonchev–Trinajstić information content (AvgIpc) is 2.65. The maximum absolute atomic E-state index is 12.1. The van der Waals surface area contributed by atoms with E-state index < -0.39 is 0 Å². The highest BCUT2D eigenvalue weighted by Gasteiger charge is 2.07. The van der Waals surface area contributed by atoms with Crippen LogP contribution in [0.4, 0.5) is 0 Å². The fourth-order valence-corrected chi connectivity index (χ4v) is 2.58. The zero-order valence-electron chi connectivity index (χ0n) is 15.4. The van der Waals surface area contributed by atoms with Gasteiger partial charge in [-0.3, -0.25) is 9.69 Å². The van der Waals surface area contributed by atoms with E-state index >= 15 is 0 Å². The fraction of sp³-hybridized carbons (Fsp3) is 0.333. The summed E-state index contributed by atoms with van der Waals surface area (Å²) in [6.45, 7) is 4.72. The Balaban J connectivity index is 1.76. The summed E-state index contributed by atoms with van der Waals surface area (Å²) >= 11 is 0. The lowest BCUT2D eigenvalue weighted by atomic mass is 10.1. The molecule has 0 saturated carbocycles. The highest BCUT2D eigenvalue weighted by atomic mass is 16.5. The molecule has 0 unspecified atom stereocenters. The van der Waals surface area contributed by atoms with Crippen molar-refractivity contribution in [3.63, 3.8) is 0 Å². The standard InChI is InChI=1S/C21H25N3O2/c1-3-26-16-18-9-7-17(8-10-18)13-23-21(25)15-24(2)14-20-6-4-5-19(11-20)12-22/h4-11H,3,13-16H2,1-2H3,(H,23,25). The van der Waals surface area contributed by atoms with Crippen molar-refractivity contribution in [2.75, 3.05) is 20.2 Å². The highest BCUT2D eigenvalue weighted by Crippen LogP contribution is 2.07. The van der Waals surface area contributed by atoms with E-state index in [0.717, 1.165) is 16.7 Å². The molecule has 0 spiro atoms. The first-order valence-corrected chi connectivity index (χ1v) is 8.70. The number of likely N-dealkylation sites (N-methyl/N-ethyl adjacent to an activating group) is 1. The van der Waals surface area contributed by atoms with E-state index in [0.29, 0.717) is 38.4 Å². The minimum atomic E-state index is -0.0256. The van der Waals surface area contributed by atoms with Gasteiger partial charge in [-0.05, 0) is 42.8 Å². The molecule has 2 aromatic rings. The second-order valence-electron chi connectivity index (χ2n) is 6.21. The third-order valence-electron chi connectivity index (χ3n) is 3.91. The summed E-state index contributed by atoms with van der Waals surface area (Å²) in [5.41, 5.74) is 3.83. The van der Waals surface area contributed by atoms with Gasteiger partial charge >= 0.3 is 0 Å². The van der Waals surface area contributed by atoms with Crippen molar-refractivity contribution in [3.8, 4) is 6.07 Å². The largest absolute Gasteiger partial charge is 0.377 e. The Labute approximate surface area is 155 Å². The van der Waals surface area contributed by atoms with Gasteiger partial charge in [-0.1, -0.05) is 36.4 Å². The van der Waals surface area contributed by atoms with Crippen molar-refractivity contribution in [1.29, 1.82) is 5.26 Å². The first kappa shape index (κ1) is 19.6. The van der Waals surface area contributed by atoms with Gasteiger partial charge in [0.1, 0.15) is 0 Å². The Morgan fingerprint density at radius 1 is 1.15 bits per heavy atom. The second kappa shape index (κ2) is 10.3. The zero-order chi connectivity index (χ0) is 18.8. The molecule has 0 bridgehead atoms. The van der Waals surface area contributed by atoms with Crippen LogP contribution in [0, 0.1) is 11.3 Å². The summed E-state index contributed by atoms with van der Waals surface area (Å²) in [7, 11) is 1.89. The van der Waals surface area contributed by atoms with Crippen LogP contribution in [-0.4, -0.2) is 31.0 Å². The van der Waals surface area contributed by atoms with Crippen LogP contribution in [-0.2, 0) is 29.2 Å². The van der Waals surface area contributed by atoms with Crippen LogP contribution in [0.3, 0.4) is 0 Å². The van der Waals surface area contributed by atoms with Crippen molar-refractivity contribution in [2.45, 2.75) is 26.6 Å². The summed E-state index contributed by atoms with van der Waals surface area (Å²) in [5.74, 6) is -0.0256. The number of carbonyl (C=O) groups is 1. The lowest BCUT2D eigenvalue weighted by Crippen LogP contribution is -2.34. The lowest BCUT2D eigenvalue weighted by Gasteiger charge is -2.16. The van der Waals surface area contributed by atoms with E-state index in [2.05, 4.69) is 11.4 Å². The van der Waals surface area contributed by atoms with E-state index in [1.54, 1.807) is 6.07 Å². The summed E-state index contributed by atoms with van der Waals surface area (Å²) in [4.78, 5) is 14.1. The summed E-state index contributed by atoms with van der Waals surface area (Å²) < 4.78 is 5.37. The molecule has 2 rings (SSSR count). The number of ether oxygens (including phenoxy) is 1. The van der Waals surface area contributed by atoms with Crippen LogP contribution in [0.25, 0.3) is 0 Å². The number of hydrogen-bond acceptors (Lipinski definition) is 4. The third-order valence-corrected chi connectivity index (χ3v) is 3.91. The van der Waals surface area contributed by atoms with Crippen molar-refractivity contribution < 1.29 is 9.53 Å². The zero-order valence-corrected chi connectivity index (χ0v) is 15.4. The maximum atomic E-state index is 12.1. The maximum Gasteiger partial charge on any atom is 0.234 e. The normalized spacial score (nSPS) is 10.5. The molecule has 0 aliphatic heterocycles. The van der Waals surface area contributed by atoms with Gasteiger partial charge in [-0.15, -0.1) is 0 Å². The van der Waals surface area contributed by atoms with Gasteiger partial charge in [-0.2, -0.15) is 5.26 Å². The van der Waals surface area contributed by atoms with Crippen LogP contribution in [0.15, 0.2) is 48.5 Å². The highest BCUT2D eigenvalue weighted by molar-refractivity contribution is 5.77. The van der Waals surface area contributed by atoms with Crippen molar-refractivity contribution in [2.24, 2.45) is 0 Å². The van der Waals surface area contributed by atoms with Gasteiger partial charge in [0.2, 0.25) is 5.91 Å². The number of hydrogen-bond donors (Lipinski definition) is 1. The quantitative estimate of drug-likeness (QED) is 0.754. The molecule has 136 valence electrons. The second-order valence-corrected chi connectivity index (χ2v) is 6.21. The Bertz CT molecular complexity index is 751. The molecule has 2 aromatic carbocycles. The number of amides is 1. The SMILES string of the molecule is CCOCc1ccc(CNC(=O)CN(C)Cc2cccc(C#N)c2)cc1. The first-order chi connectivity index (χ1) is 12.6. The number of rotatable bonds is 9. The molecule has 0 aromatic heterocycles. The Kier molecular flexibility index (Phi) is 7.81. The van der Waals surface area contributed by atoms with Crippen LogP contribution in [0.1, 0.15) is 29.2 Å². The molecule has 0 fully saturated rings. The van der Waals surface area contributed by atoms with Crippen molar-refractivity contribution in [1.82, 2.24) is 10.2 Å². The van der Waals surface area contributed by atoms with Crippen LogP contribution in [0.2, 0.25) is 0 Å². The van der Waals surface area contributed by atoms with E-state index in [-0.39, 0.29) is 5.91 Å². The predicted octanol–water partition coefficient (Wildman–Crippen LogP) is 2.84. The fourth-order valence-electron chi connectivity index (χ4n) is 2.58. The van der Waals surface area contributed by atoms with Gasteiger partial charge in [0.25, 0.3) is 0 Å². The van der Waals surface area contributed by atoms with Gasteiger partial charge in [0.15, 0.2) is 0 Å². The van der Waals surface area contributed by atoms with Crippen LogP contribution in [0.5, 0.6) is 0 Å². The van der Waals surface area contributed by atoms with Gasteiger partial charge in [0.05, 0.1) is 24.8 Å². The van der Waals surface area contributed by atoms with Gasteiger partial charge in [0, 0.05) is 19.7 Å². The molecule has 0 aliphatic rings. The van der Waals surface area contributed by atoms with E-state index in [1.807, 2.05) is 61.3 Å². The molecular weight excluding hydrogens is 326 g/mol. The number of nitrogens with zero attached hydrogens (tertiary/aromatic N) is 2. The molecule has 1 N–H and O–H groups in total. The number of benzene rings is 2. The molecular formula is C21H25N3O2. The lowest BCUT2D eigenvalue weighted by molar-refractivity contribution is -0.122.